The molecule has 2 heterocycles. The van der Waals surface area contributed by atoms with Crippen LogP contribution in [0.5, 0.6) is 5.75 Å². The van der Waals surface area contributed by atoms with Crippen LogP contribution in [0.1, 0.15) is 61.3 Å². The van der Waals surface area contributed by atoms with E-state index in [1.54, 1.807) is 6.33 Å². The van der Waals surface area contributed by atoms with E-state index >= 15 is 0 Å². The lowest BCUT2D eigenvalue weighted by Crippen LogP contribution is -2.57. The smallest absolute Gasteiger partial charge is 0.254 e. The van der Waals surface area contributed by atoms with Crippen molar-refractivity contribution in [3.63, 3.8) is 0 Å². The minimum absolute atomic E-state index is 0.100. The van der Waals surface area contributed by atoms with Crippen molar-refractivity contribution in [2.45, 2.75) is 57.6 Å². The number of hydrogen-bond acceptors (Lipinski definition) is 3. The van der Waals surface area contributed by atoms with Gasteiger partial charge >= 0.3 is 0 Å². The highest BCUT2D eigenvalue weighted by Crippen LogP contribution is 2.49. The number of nitrogens with one attached hydrogen (secondary N) is 1. The summed E-state index contributed by atoms with van der Waals surface area (Å²) in [7, 11) is 0. The highest BCUT2D eigenvalue weighted by molar-refractivity contribution is 5.95. The summed E-state index contributed by atoms with van der Waals surface area (Å²) in [6, 6.07) is 7.56. The molecule has 1 amide bonds. The van der Waals surface area contributed by atoms with E-state index in [0.29, 0.717) is 0 Å². The lowest BCUT2D eigenvalue weighted by atomic mass is 9.70. The average molecular weight is 339 g/mol. The second-order valence-corrected chi connectivity index (χ2v) is 7.18. The quantitative estimate of drug-likeness (QED) is 0.925. The average Bonchev–Trinajstić information content (AvgIpc) is 3.08. The molecule has 1 unspecified atom stereocenters. The molecule has 1 aliphatic carbocycles. The topological polar surface area (TPSA) is 58.2 Å². The first-order valence-electron chi connectivity index (χ1n) is 9.25. The van der Waals surface area contributed by atoms with Crippen molar-refractivity contribution in [1.29, 1.82) is 0 Å². The number of aromatic nitrogens is 2. The highest BCUT2D eigenvalue weighted by Gasteiger charge is 2.51. The van der Waals surface area contributed by atoms with Crippen LogP contribution < -0.4 is 4.74 Å². The van der Waals surface area contributed by atoms with Crippen LogP contribution in [-0.2, 0) is 12.0 Å². The van der Waals surface area contributed by atoms with Crippen molar-refractivity contribution >= 4 is 5.91 Å². The number of imidazole rings is 1. The molecule has 0 bridgehead atoms. The monoisotopic (exact) mass is 339 g/mol. The number of rotatable bonds is 4. The number of nitrogens with zero attached hydrogens (tertiary/aromatic N) is 2. The number of hydrogen-bond donors (Lipinski definition) is 1. The van der Waals surface area contributed by atoms with Crippen molar-refractivity contribution in [2.24, 2.45) is 0 Å². The van der Waals surface area contributed by atoms with Gasteiger partial charge in [-0.3, -0.25) is 4.79 Å². The van der Waals surface area contributed by atoms with Gasteiger partial charge in [0.05, 0.1) is 23.7 Å². The van der Waals surface area contributed by atoms with Gasteiger partial charge in [0.1, 0.15) is 5.75 Å². The molecule has 1 spiro atoms. The van der Waals surface area contributed by atoms with Gasteiger partial charge in [-0.1, -0.05) is 6.92 Å². The Balaban J connectivity index is 1.57. The third-order valence-electron chi connectivity index (χ3n) is 5.70. The summed E-state index contributed by atoms with van der Waals surface area (Å²) in [4.78, 5) is 23.0. The van der Waals surface area contributed by atoms with Crippen molar-refractivity contribution < 1.29 is 9.53 Å². The van der Waals surface area contributed by atoms with E-state index in [1.807, 2.05) is 29.2 Å². The molecule has 1 aliphatic heterocycles. The predicted molar refractivity (Wildman–Crippen MR) is 95.7 cm³/mol. The summed E-state index contributed by atoms with van der Waals surface area (Å²) in [6.07, 6.45) is 6.91. The number of carbonyl (C=O) groups excluding carboxylic acids is 1. The largest absolute Gasteiger partial charge is 0.491 e. The molecule has 132 valence electrons. The lowest BCUT2D eigenvalue weighted by Gasteiger charge is -2.52. The molecule has 1 atom stereocenters. The van der Waals surface area contributed by atoms with Crippen LogP contribution in [0.4, 0.5) is 0 Å². The maximum absolute atomic E-state index is 13.2. The number of H-pyrrole nitrogens is 1. The molecule has 5 nitrogen and oxygen atoms in total. The molecule has 25 heavy (non-hydrogen) atoms. The van der Waals surface area contributed by atoms with Gasteiger partial charge in [0, 0.05) is 24.2 Å². The van der Waals surface area contributed by atoms with Crippen LogP contribution >= 0.6 is 0 Å². The molecule has 1 aromatic heterocycles. The Bertz CT molecular complexity index is 762. The third-order valence-corrected chi connectivity index (χ3v) is 5.70. The van der Waals surface area contributed by atoms with Crippen LogP contribution in [0.15, 0.2) is 30.6 Å². The van der Waals surface area contributed by atoms with Crippen molar-refractivity contribution in [3.8, 4) is 5.75 Å². The third kappa shape index (κ3) is 2.62. The number of ether oxygens (including phenoxy) is 1. The molecule has 0 saturated heterocycles. The first-order chi connectivity index (χ1) is 12.1. The Morgan fingerprint density at radius 2 is 2.12 bits per heavy atom. The fourth-order valence-corrected chi connectivity index (χ4v) is 3.94. The van der Waals surface area contributed by atoms with Crippen LogP contribution in [0.25, 0.3) is 0 Å². The Hall–Kier alpha value is -2.30. The van der Waals surface area contributed by atoms with Gasteiger partial charge in [0.15, 0.2) is 0 Å². The summed E-state index contributed by atoms with van der Waals surface area (Å²) < 4.78 is 5.81. The normalized spacial score (nSPS) is 19.2. The molecule has 1 aromatic carbocycles. The van der Waals surface area contributed by atoms with Gasteiger partial charge < -0.3 is 14.6 Å². The minimum Gasteiger partial charge on any atom is -0.491 e. The molecule has 1 saturated carbocycles. The van der Waals surface area contributed by atoms with Gasteiger partial charge in [-0.15, -0.1) is 0 Å². The maximum Gasteiger partial charge on any atom is 0.254 e. The number of fused-ring (bicyclic) bond motifs is 2. The zero-order valence-electron chi connectivity index (χ0n) is 14.9. The summed E-state index contributed by atoms with van der Waals surface area (Å²) in [6.45, 7) is 4.90. The van der Waals surface area contributed by atoms with Crippen LogP contribution in [0, 0.1) is 0 Å². The van der Waals surface area contributed by atoms with Gasteiger partial charge in [-0.25, -0.2) is 4.98 Å². The summed E-state index contributed by atoms with van der Waals surface area (Å²) in [5, 5.41) is 0. The first-order valence-corrected chi connectivity index (χ1v) is 9.25. The Morgan fingerprint density at radius 3 is 2.76 bits per heavy atom. The Kier molecular flexibility index (Phi) is 4.02. The standard InChI is InChI=1S/C20H25N3O2/c1-3-14(2)25-16-7-5-15(6-8-16)19(24)23-12-9-17-18(22-13-21-17)20(23)10-4-11-20/h5-8,13-14H,3-4,9-12H2,1-2H3,(H,21,22). The van der Waals surface area contributed by atoms with Gasteiger partial charge in [0.25, 0.3) is 5.91 Å². The van der Waals surface area contributed by atoms with E-state index in [0.717, 1.165) is 55.7 Å². The van der Waals surface area contributed by atoms with Crippen molar-refractivity contribution in [1.82, 2.24) is 14.9 Å². The molecule has 5 heteroatoms. The number of aromatic amines is 1. The molecule has 1 fully saturated rings. The summed E-state index contributed by atoms with van der Waals surface area (Å²) in [5.74, 6) is 0.918. The van der Waals surface area contributed by atoms with E-state index in [2.05, 4.69) is 23.8 Å². The van der Waals surface area contributed by atoms with Crippen LogP contribution in [-0.4, -0.2) is 33.4 Å². The van der Waals surface area contributed by atoms with Gasteiger partial charge in [-0.05, 0) is 56.9 Å². The molecule has 1 N–H and O–H groups in total. The number of benzene rings is 1. The second kappa shape index (κ2) is 6.21. The second-order valence-electron chi connectivity index (χ2n) is 7.18. The first kappa shape index (κ1) is 16.2. The predicted octanol–water partition coefficient (Wildman–Crippen LogP) is 3.66. The van der Waals surface area contributed by atoms with Gasteiger partial charge in [-0.2, -0.15) is 0 Å². The van der Waals surface area contributed by atoms with Crippen molar-refractivity contribution in [3.05, 3.63) is 47.5 Å². The van der Waals surface area contributed by atoms with E-state index in [4.69, 9.17) is 4.74 Å². The Morgan fingerprint density at radius 1 is 1.36 bits per heavy atom. The molecular formula is C20H25N3O2. The zero-order valence-corrected chi connectivity index (χ0v) is 14.9. The van der Waals surface area contributed by atoms with Crippen LogP contribution in [0.2, 0.25) is 0 Å². The van der Waals surface area contributed by atoms with E-state index in [-0.39, 0.29) is 17.6 Å². The van der Waals surface area contributed by atoms with Crippen LogP contribution in [0.3, 0.4) is 0 Å². The Labute approximate surface area is 148 Å². The lowest BCUT2D eigenvalue weighted by molar-refractivity contribution is 0.00455. The van der Waals surface area contributed by atoms with Crippen molar-refractivity contribution in [2.75, 3.05) is 6.54 Å². The minimum atomic E-state index is -0.198. The molecular weight excluding hydrogens is 314 g/mol. The highest BCUT2D eigenvalue weighted by atomic mass is 16.5. The SMILES string of the molecule is CCC(C)Oc1ccc(C(=O)N2CCc3[nH]cnc3C23CCC3)cc1. The molecule has 2 aliphatic rings. The molecule has 4 rings (SSSR count). The zero-order chi connectivity index (χ0) is 17.4. The molecule has 0 radical (unpaired) electrons. The molecule has 2 aromatic rings. The number of carbonyl (C=O) groups is 1. The fourth-order valence-electron chi connectivity index (χ4n) is 3.94. The number of amides is 1. The summed E-state index contributed by atoms with van der Waals surface area (Å²) in [5.41, 5.74) is 2.80. The van der Waals surface area contributed by atoms with E-state index < -0.39 is 0 Å². The summed E-state index contributed by atoms with van der Waals surface area (Å²) >= 11 is 0. The van der Waals surface area contributed by atoms with Gasteiger partial charge in [0.2, 0.25) is 0 Å². The maximum atomic E-state index is 13.2. The van der Waals surface area contributed by atoms with E-state index in [1.165, 1.54) is 5.69 Å². The fraction of sp³-hybridized carbons (Fsp3) is 0.500. The van der Waals surface area contributed by atoms with E-state index in [9.17, 15) is 4.79 Å².